The van der Waals surface area contributed by atoms with E-state index in [2.05, 4.69) is 49.5 Å². The van der Waals surface area contributed by atoms with Crippen LogP contribution in [0.3, 0.4) is 0 Å². The Morgan fingerprint density at radius 3 is 2.74 bits per heavy atom. The summed E-state index contributed by atoms with van der Waals surface area (Å²) in [6, 6.07) is 8.15. The molecule has 0 aromatic carbocycles. The van der Waals surface area contributed by atoms with Crippen LogP contribution < -0.4 is 10.3 Å². The Balaban J connectivity index is 1.42. The summed E-state index contributed by atoms with van der Waals surface area (Å²) in [6.07, 6.45) is 6.77. The summed E-state index contributed by atoms with van der Waals surface area (Å²) < 4.78 is 0. The summed E-state index contributed by atoms with van der Waals surface area (Å²) in [5, 5.41) is 4.53. The van der Waals surface area contributed by atoms with Crippen molar-refractivity contribution in [1.29, 1.82) is 0 Å². The number of hydrazone groups is 1. The van der Waals surface area contributed by atoms with Crippen molar-refractivity contribution < 1.29 is 0 Å². The lowest BCUT2D eigenvalue weighted by molar-refractivity contribution is 0.313. The Kier molecular flexibility index (Phi) is 5.40. The quantitative estimate of drug-likeness (QED) is 0.651. The minimum atomic E-state index is 0.537. The highest BCUT2D eigenvalue weighted by atomic mass is 32.1. The number of nitrogens with one attached hydrogen (secondary N) is 1. The van der Waals surface area contributed by atoms with Gasteiger partial charge in [-0.25, -0.2) is 0 Å². The van der Waals surface area contributed by atoms with Crippen LogP contribution in [0.15, 0.2) is 41.8 Å². The molecule has 2 aliphatic rings. The normalized spacial score (nSPS) is 19.0. The van der Waals surface area contributed by atoms with Gasteiger partial charge in [0.05, 0.1) is 29.0 Å². The van der Waals surface area contributed by atoms with E-state index in [0.29, 0.717) is 4.99 Å². The first-order chi connectivity index (χ1) is 13.2. The van der Waals surface area contributed by atoms with Crippen molar-refractivity contribution in [2.45, 2.75) is 19.3 Å². The number of hydrogen-bond acceptors (Lipinski definition) is 6. The molecule has 4 rings (SSSR count). The molecule has 0 atom stereocenters. The molecular formula is C20H24N6S. The van der Waals surface area contributed by atoms with Gasteiger partial charge in [-0.2, -0.15) is 5.10 Å². The molecule has 0 amide bonds. The van der Waals surface area contributed by atoms with E-state index in [1.54, 1.807) is 0 Å². The number of piperazine rings is 1. The van der Waals surface area contributed by atoms with E-state index in [0.717, 1.165) is 68.2 Å². The van der Waals surface area contributed by atoms with Crippen LogP contribution in [0, 0.1) is 0 Å². The molecule has 1 aliphatic heterocycles. The zero-order valence-electron chi connectivity index (χ0n) is 15.6. The molecule has 3 heterocycles. The highest BCUT2D eigenvalue weighted by Gasteiger charge is 2.17. The van der Waals surface area contributed by atoms with Gasteiger partial charge in [0, 0.05) is 32.4 Å². The maximum atomic E-state index is 5.48. The SMILES string of the molecule is CN1CCN(c2ccc(C(=S)NN=C3CCCc4cccnc43)nc2)CC1. The maximum absolute atomic E-state index is 5.48. The lowest BCUT2D eigenvalue weighted by Crippen LogP contribution is -2.44. The molecule has 1 aliphatic carbocycles. The van der Waals surface area contributed by atoms with Gasteiger partial charge in [0.15, 0.2) is 0 Å². The molecule has 1 fully saturated rings. The highest BCUT2D eigenvalue weighted by Crippen LogP contribution is 2.19. The summed E-state index contributed by atoms with van der Waals surface area (Å²) in [7, 11) is 2.16. The first kappa shape index (κ1) is 18.0. The fourth-order valence-corrected chi connectivity index (χ4v) is 3.69. The van der Waals surface area contributed by atoms with Crippen LogP contribution in [0.2, 0.25) is 0 Å². The number of anilines is 1. The number of pyridine rings is 2. The second-order valence-electron chi connectivity index (χ2n) is 7.06. The van der Waals surface area contributed by atoms with Crippen LogP contribution >= 0.6 is 12.2 Å². The van der Waals surface area contributed by atoms with Gasteiger partial charge in [-0.05, 0) is 50.1 Å². The lowest BCUT2D eigenvalue weighted by Gasteiger charge is -2.33. The number of aromatic nitrogens is 2. The summed E-state index contributed by atoms with van der Waals surface area (Å²) in [5.74, 6) is 0. The monoisotopic (exact) mass is 380 g/mol. The van der Waals surface area contributed by atoms with E-state index in [1.807, 2.05) is 24.5 Å². The minimum absolute atomic E-state index is 0.537. The average Bonchev–Trinajstić information content (AvgIpc) is 2.72. The van der Waals surface area contributed by atoms with Crippen LogP contribution in [0.1, 0.15) is 29.8 Å². The van der Waals surface area contributed by atoms with E-state index in [4.69, 9.17) is 12.2 Å². The largest absolute Gasteiger partial charge is 0.368 e. The lowest BCUT2D eigenvalue weighted by atomic mass is 9.95. The molecule has 27 heavy (non-hydrogen) atoms. The number of fused-ring (bicyclic) bond motifs is 1. The predicted molar refractivity (Wildman–Crippen MR) is 112 cm³/mol. The Bertz CT molecular complexity index is 840. The summed E-state index contributed by atoms with van der Waals surface area (Å²) >= 11 is 5.48. The van der Waals surface area contributed by atoms with Gasteiger partial charge in [0.2, 0.25) is 0 Å². The van der Waals surface area contributed by atoms with E-state index in [1.165, 1.54) is 5.56 Å². The first-order valence-electron chi connectivity index (χ1n) is 9.41. The molecular weight excluding hydrogens is 356 g/mol. The standard InChI is InChI=1S/C20H24N6S/c1-25-10-12-26(13-11-25)16-7-8-18(22-14-16)20(27)24-23-17-6-2-4-15-5-3-9-21-19(15)17/h3,5,7-9,14H,2,4,6,10-13H2,1H3,(H,24,27). The first-order valence-corrected chi connectivity index (χ1v) is 9.82. The molecule has 7 heteroatoms. The topological polar surface area (TPSA) is 56.6 Å². The van der Waals surface area contributed by atoms with Gasteiger partial charge < -0.3 is 9.80 Å². The highest BCUT2D eigenvalue weighted by molar-refractivity contribution is 7.80. The van der Waals surface area contributed by atoms with E-state index in [-0.39, 0.29) is 0 Å². The summed E-state index contributed by atoms with van der Waals surface area (Å²) in [6.45, 7) is 4.21. The molecule has 6 nitrogen and oxygen atoms in total. The second kappa shape index (κ2) is 8.10. The van der Waals surface area contributed by atoms with Crippen LogP contribution in [0.5, 0.6) is 0 Å². The predicted octanol–water partition coefficient (Wildman–Crippen LogP) is 2.23. The molecule has 2 aromatic heterocycles. The van der Waals surface area contributed by atoms with Crippen molar-refractivity contribution in [2.24, 2.45) is 5.10 Å². The molecule has 1 saturated heterocycles. The number of nitrogens with zero attached hydrogens (tertiary/aromatic N) is 5. The number of thiocarbonyl (C=S) groups is 1. The fourth-order valence-electron chi connectivity index (χ4n) is 3.52. The number of hydrogen-bond donors (Lipinski definition) is 1. The van der Waals surface area contributed by atoms with E-state index < -0.39 is 0 Å². The molecule has 0 spiro atoms. The van der Waals surface area contributed by atoms with Crippen molar-refractivity contribution in [1.82, 2.24) is 20.3 Å². The van der Waals surface area contributed by atoms with Crippen molar-refractivity contribution in [3.63, 3.8) is 0 Å². The van der Waals surface area contributed by atoms with E-state index in [9.17, 15) is 0 Å². The minimum Gasteiger partial charge on any atom is -0.368 e. The van der Waals surface area contributed by atoms with Gasteiger partial charge in [-0.15, -0.1) is 0 Å². The number of rotatable bonds is 3. The van der Waals surface area contributed by atoms with Gasteiger partial charge in [0.25, 0.3) is 0 Å². The molecule has 0 bridgehead atoms. The molecule has 0 unspecified atom stereocenters. The molecule has 1 N–H and O–H groups in total. The second-order valence-corrected chi connectivity index (χ2v) is 7.46. The third kappa shape index (κ3) is 4.14. The molecule has 140 valence electrons. The molecule has 2 aromatic rings. The Labute approximate surface area is 165 Å². The van der Waals surface area contributed by atoms with Crippen molar-refractivity contribution in [3.05, 3.63) is 53.6 Å². The third-order valence-corrected chi connectivity index (χ3v) is 5.47. The third-order valence-electron chi connectivity index (χ3n) is 5.17. The zero-order valence-corrected chi connectivity index (χ0v) is 16.4. The van der Waals surface area contributed by atoms with Crippen LogP contribution in [-0.4, -0.2) is 58.8 Å². The van der Waals surface area contributed by atoms with Crippen LogP contribution in [-0.2, 0) is 6.42 Å². The van der Waals surface area contributed by atoms with Crippen LogP contribution in [0.25, 0.3) is 0 Å². The van der Waals surface area contributed by atoms with Crippen molar-refractivity contribution in [2.75, 3.05) is 38.1 Å². The Morgan fingerprint density at radius 2 is 1.96 bits per heavy atom. The molecule has 0 radical (unpaired) electrons. The zero-order chi connectivity index (χ0) is 18.6. The van der Waals surface area contributed by atoms with Crippen molar-refractivity contribution >= 4 is 28.6 Å². The van der Waals surface area contributed by atoms with E-state index >= 15 is 0 Å². The van der Waals surface area contributed by atoms with Gasteiger partial charge in [0.1, 0.15) is 4.99 Å². The number of aryl methyl sites for hydroxylation is 1. The Morgan fingerprint density at radius 1 is 1.11 bits per heavy atom. The fraction of sp³-hybridized carbons (Fsp3) is 0.400. The Hall–Kier alpha value is -2.38. The average molecular weight is 381 g/mol. The summed E-state index contributed by atoms with van der Waals surface area (Å²) in [5.41, 5.74) is 8.10. The van der Waals surface area contributed by atoms with Gasteiger partial charge in [-0.3, -0.25) is 15.4 Å². The van der Waals surface area contributed by atoms with Crippen molar-refractivity contribution in [3.8, 4) is 0 Å². The smallest absolute Gasteiger partial charge is 0.145 e. The maximum Gasteiger partial charge on any atom is 0.145 e. The number of likely N-dealkylation sites (N-methyl/N-ethyl adjacent to an activating group) is 1. The van der Waals surface area contributed by atoms with Gasteiger partial charge in [-0.1, -0.05) is 18.3 Å². The molecule has 0 saturated carbocycles. The summed E-state index contributed by atoms with van der Waals surface area (Å²) in [4.78, 5) is 14.3. The van der Waals surface area contributed by atoms with Crippen LogP contribution in [0.4, 0.5) is 5.69 Å². The van der Waals surface area contributed by atoms with Gasteiger partial charge >= 0.3 is 0 Å².